The molecule has 0 radical (unpaired) electrons. The second-order valence-corrected chi connectivity index (χ2v) is 6.85. The molecule has 1 aromatic heterocycles. The molecule has 1 aliphatic rings. The second-order valence-electron chi connectivity index (χ2n) is 6.44. The average molecular weight is 369 g/mol. The van der Waals surface area contributed by atoms with Crippen molar-refractivity contribution >= 4 is 29.2 Å². The summed E-state index contributed by atoms with van der Waals surface area (Å²) in [6.07, 6.45) is 3.18. The second kappa shape index (κ2) is 8.71. The fourth-order valence-corrected chi connectivity index (χ4v) is 2.76. The molecular weight excluding hydrogens is 344 g/mol. The lowest BCUT2D eigenvalue weighted by molar-refractivity contribution is 0.894. The molecule has 1 aliphatic carbocycles. The Labute approximate surface area is 159 Å². The minimum atomic E-state index is 0.484. The van der Waals surface area contributed by atoms with E-state index in [0.717, 1.165) is 30.7 Å². The topological polar surface area (TPSA) is 74.2 Å². The highest BCUT2D eigenvalue weighted by Crippen LogP contribution is 2.18. The van der Waals surface area contributed by atoms with Crippen LogP contribution in [-0.2, 0) is 6.42 Å². The number of aliphatic imine (C=N–C) groups is 1. The molecule has 7 heteroatoms. The summed E-state index contributed by atoms with van der Waals surface area (Å²) in [7, 11) is 0. The van der Waals surface area contributed by atoms with Crippen LogP contribution < -0.4 is 16.0 Å². The Morgan fingerprint density at radius 1 is 1.15 bits per heavy atom. The van der Waals surface area contributed by atoms with Gasteiger partial charge in [0.1, 0.15) is 0 Å². The maximum absolute atomic E-state index is 5.37. The molecule has 1 heterocycles. The van der Waals surface area contributed by atoms with Crippen molar-refractivity contribution in [3.63, 3.8) is 0 Å². The van der Waals surface area contributed by atoms with Crippen LogP contribution in [0.4, 0.5) is 5.95 Å². The molecule has 3 rings (SSSR count). The van der Waals surface area contributed by atoms with E-state index in [2.05, 4.69) is 43.0 Å². The van der Waals surface area contributed by atoms with Crippen LogP contribution in [0.1, 0.15) is 29.8 Å². The summed E-state index contributed by atoms with van der Waals surface area (Å²) in [5.41, 5.74) is 3.06. The molecule has 136 valence electrons. The van der Waals surface area contributed by atoms with Crippen molar-refractivity contribution in [1.82, 2.24) is 20.6 Å². The molecule has 1 aromatic carbocycles. The molecule has 0 bridgehead atoms. The van der Waals surface area contributed by atoms with Gasteiger partial charge in [0.15, 0.2) is 5.11 Å². The third-order valence-electron chi connectivity index (χ3n) is 3.87. The van der Waals surface area contributed by atoms with Crippen LogP contribution >= 0.6 is 12.2 Å². The van der Waals surface area contributed by atoms with Gasteiger partial charge in [-0.15, -0.1) is 0 Å². The predicted octanol–water partition coefficient (Wildman–Crippen LogP) is 2.73. The van der Waals surface area contributed by atoms with Gasteiger partial charge in [-0.05, 0) is 57.0 Å². The van der Waals surface area contributed by atoms with Crippen molar-refractivity contribution in [2.24, 2.45) is 4.99 Å². The minimum Gasteiger partial charge on any atom is -0.360 e. The Morgan fingerprint density at radius 2 is 1.85 bits per heavy atom. The van der Waals surface area contributed by atoms with E-state index in [-0.39, 0.29) is 0 Å². The Hall–Kier alpha value is -2.54. The summed E-state index contributed by atoms with van der Waals surface area (Å²) >= 11 is 5.37. The zero-order valence-electron chi connectivity index (χ0n) is 15.1. The van der Waals surface area contributed by atoms with Gasteiger partial charge in [-0.3, -0.25) is 10.3 Å². The van der Waals surface area contributed by atoms with Gasteiger partial charge in [0.2, 0.25) is 11.9 Å². The average Bonchev–Trinajstić information content (AvgIpc) is 3.38. The van der Waals surface area contributed by atoms with Gasteiger partial charge < -0.3 is 10.6 Å². The lowest BCUT2D eigenvalue weighted by atomic mass is 10.2. The van der Waals surface area contributed by atoms with Crippen molar-refractivity contribution in [3.8, 4) is 0 Å². The third kappa shape index (κ3) is 6.07. The van der Waals surface area contributed by atoms with Crippen LogP contribution in [-0.4, -0.2) is 33.6 Å². The van der Waals surface area contributed by atoms with E-state index >= 15 is 0 Å². The van der Waals surface area contributed by atoms with Crippen molar-refractivity contribution in [2.75, 3.05) is 11.9 Å². The molecule has 2 aromatic rings. The first-order valence-corrected chi connectivity index (χ1v) is 9.24. The van der Waals surface area contributed by atoms with Crippen LogP contribution in [0.2, 0.25) is 0 Å². The number of anilines is 1. The van der Waals surface area contributed by atoms with Crippen molar-refractivity contribution in [2.45, 2.75) is 39.2 Å². The van der Waals surface area contributed by atoms with Crippen LogP contribution in [0.15, 0.2) is 41.4 Å². The number of nitrogens with one attached hydrogen (secondary N) is 3. The maximum Gasteiger partial charge on any atom is 0.229 e. The molecule has 1 fully saturated rings. The lowest BCUT2D eigenvalue weighted by Gasteiger charge is -2.14. The third-order valence-corrected chi connectivity index (χ3v) is 4.09. The van der Waals surface area contributed by atoms with Crippen LogP contribution in [0.5, 0.6) is 0 Å². The quantitative estimate of drug-likeness (QED) is 0.428. The van der Waals surface area contributed by atoms with Crippen molar-refractivity contribution in [3.05, 3.63) is 53.3 Å². The molecule has 26 heavy (non-hydrogen) atoms. The Kier molecular flexibility index (Phi) is 6.12. The lowest BCUT2D eigenvalue weighted by Crippen LogP contribution is -2.43. The van der Waals surface area contributed by atoms with Gasteiger partial charge in [0.25, 0.3) is 0 Å². The summed E-state index contributed by atoms with van der Waals surface area (Å²) in [4.78, 5) is 13.5. The van der Waals surface area contributed by atoms with E-state index in [4.69, 9.17) is 12.2 Å². The number of hydrogen-bond donors (Lipinski definition) is 3. The molecule has 1 saturated carbocycles. The summed E-state index contributed by atoms with van der Waals surface area (Å²) in [6.45, 7) is 4.52. The molecule has 0 amide bonds. The standard InChI is InChI=1S/C19H24N6S/c1-13-12-14(2)22-18(21-13)24-17(25-19(26)23-16-8-9-16)20-11-10-15-6-4-3-5-7-15/h3-7,12,16H,8-11H2,1-2H3,(H3,20,21,22,23,24,25,26). The highest BCUT2D eigenvalue weighted by Gasteiger charge is 2.22. The Bertz CT molecular complexity index is 766. The predicted molar refractivity (Wildman–Crippen MR) is 109 cm³/mol. The van der Waals surface area contributed by atoms with E-state index in [1.807, 2.05) is 38.1 Å². The first kappa shape index (κ1) is 18.3. The number of rotatable bonds is 5. The fourth-order valence-electron chi connectivity index (χ4n) is 2.50. The molecule has 3 N–H and O–H groups in total. The molecule has 0 saturated heterocycles. The molecule has 0 unspecified atom stereocenters. The molecule has 6 nitrogen and oxygen atoms in total. The highest BCUT2D eigenvalue weighted by molar-refractivity contribution is 7.80. The maximum atomic E-state index is 5.37. The Balaban J connectivity index is 1.67. The van der Waals surface area contributed by atoms with Gasteiger partial charge in [-0.2, -0.15) is 0 Å². The van der Waals surface area contributed by atoms with Gasteiger partial charge in [-0.1, -0.05) is 30.3 Å². The molecule has 0 aliphatic heterocycles. The SMILES string of the molecule is Cc1cc(C)nc(NC(=NCCc2ccccc2)NC(=S)NC2CC2)n1. The number of aromatic nitrogens is 2. The summed E-state index contributed by atoms with van der Waals surface area (Å²) in [5.74, 6) is 1.08. The number of thiocarbonyl (C=S) groups is 1. The van der Waals surface area contributed by atoms with Crippen molar-refractivity contribution in [1.29, 1.82) is 0 Å². The molecule has 0 atom stereocenters. The number of benzene rings is 1. The minimum absolute atomic E-state index is 0.484. The monoisotopic (exact) mass is 368 g/mol. The van der Waals surface area contributed by atoms with E-state index in [9.17, 15) is 0 Å². The number of aryl methyl sites for hydroxylation is 2. The number of nitrogens with zero attached hydrogens (tertiary/aromatic N) is 3. The van der Waals surface area contributed by atoms with E-state index in [0.29, 0.717) is 29.6 Å². The Morgan fingerprint density at radius 3 is 2.50 bits per heavy atom. The van der Waals surface area contributed by atoms with Crippen LogP contribution in [0.25, 0.3) is 0 Å². The summed E-state index contributed by atoms with van der Waals surface area (Å²) in [5, 5.41) is 10.1. The molecular formula is C19H24N6S. The van der Waals surface area contributed by atoms with Crippen molar-refractivity contribution < 1.29 is 0 Å². The van der Waals surface area contributed by atoms with Crippen LogP contribution in [0, 0.1) is 13.8 Å². The van der Waals surface area contributed by atoms with Gasteiger partial charge in [0, 0.05) is 24.0 Å². The zero-order chi connectivity index (χ0) is 18.4. The summed E-state index contributed by atoms with van der Waals surface area (Å²) < 4.78 is 0. The number of hydrogen-bond acceptors (Lipinski definition) is 4. The number of guanidine groups is 1. The first-order chi connectivity index (χ1) is 12.6. The van der Waals surface area contributed by atoms with Gasteiger partial charge in [-0.25, -0.2) is 9.97 Å². The largest absolute Gasteiger partial charge is 0.360 e. The normalized spacial score (nSPS) is 14.0. The highest BCUT2D eigenvalue weighted by atomic mass is 32.1. The zero-order valence-corrected chi connectivity index (χ0v) is 15.9. The van der Waals surface area contributed by atoms with Crippen LogP contribution in [0.3, 0.4) is 0 Å². The van der Waals surface area contributed by atoms with Gasteiger partial charge in [0.05, 0.1) is 0 Å². The van der Waals surface area contributed by atoms with E-state index in [1.54, 1.807) is 0 Å². The molecule has 0 spiro atoms. The first-order valence-electron chi connectivity index (χ1n) is 8.84. The van der Waals surface area contributed by atoms with E-state index in [1.165, 1.54) is 5.56 Å². The fraction of sp³-hybridized carbons (Fsp3) is 0.368. The van der Waals surface area contributed by atoms with Gasteiger partial charge >= 0.3 is 0 Å². The smallest absolute Gasteiger partial charge is 0.229 e. The summed E-state index contributed by atoms with van der Waals surface area (Å²) in [6, 6.07) is 12.7. The van der Waals surface area contributed by atoms with E-state index < -0.39 is 0 Å².